The number of anilines is 1. The minimum absolute atomic E-state index is 0. The molecule has 0 bridgehead atoms. The van der Waals surface area contributed by atoms with Crippen molar-refractivity contribution in [1.82, 2.24) is 10.2 Å². The summed E-state index contributed by atoms with van der Waals surface area (Å²) in [5.74, 6) is 7.21. The lowest BCUT2D eigenvalue weighted by Crippen LogP contribution is -2.23. The Morgan fingerprint density at radius 1 is 1.18 bits per heavy atom. The first-order valence-electron chi connectivity index (χ1n) is 9.89. The van der Waals surface area contributed by atoms with Crippen molar-refractivity contribution in [3.8, 4) is 17.6 Å². The molecule has 9 heteroatoms. The van der Waals surface area contributed by atoms with E-state index in [0.29, 0.717) is 34.5 Å². The third-order valence-electron chi connectivity index (χ3n) is 4.60. The van der Waals surface area contributed by atoms with Crippen LogP contribution >= 0.6 is 24.0 Å². The minimum Gasteiger partial charge on any atom is -0.495 e. The maximum atomic E-state index is 8.97. The predicted molar refractivity (Wildman–Crippen MR) is 139 cm³/mol. The third-order valence-corrected chi connectivity index (χ3v) is 4.90. The highest BCUT2D eigenvalue weighted by Crippen LogP contribution is 2.29. The van der Waals surface area contributed by atoms with E-state index >= 15 is 0 Å². The standard InChI is InChI=1S/C24H23ClN4O3.CH4.ClH/c1-24(2,32-12-11-30)10-9-21-18-7-6-17(26-3)14-19(18)23(29-28-21)27-15-16-5-8-22(31-4)20(25)13-16;;/h5-8,13-14,30H,11-12,15H2,1-2,4H3,(H,27,29);1H4;1H. The molecule has 2 aromatic carbocycles. The molecule has 0 aliphatic rings. The number of aromatic nitrogens is 2. The largest absolute Gasteiger partial charge is 0.495 e. The molecule has 0 unspecified atom stereocenters. The van der Waals surface area contributed by atoms with Gasteiger partial charge in [-0.05, 0) is 43.5 Å². The molecular weight excluding hydrogens is 475 g/mol. The first-order chi connectivity index (χ1) is 15.4. The minimum atomic E-state index is -0.752. The van der Waals surface area contributed by atoms with Crippen LogP contribution in [0.3, 0.4) is 0 Å². The number of aliphatic hydroxyl groups excluding tert-OH is 1. The lowest BCUT2D eigenvalue weighted by molar-refractivity contribution is 0.00604. The van der Waals surface area contributed by atoms with Crippen molar-refractivity contribution < 1.29 is 14.6 Å². The van der Waals surface area contributed by atoms with Gasteiger partial charge in [0.15, 0.2) is 11.5 Å². The van der Waals surface area contributed by atoms with Crippen LogP contribution in [0.5, 0.6) is 5.75 Å². The Balaban J connectivity index is 0.00000289. The molecule has 180 valence electrons. The Bertz CT molecular complexity index is 1230. The van der Waals surface area contributed by atoms with Crippen LogP contribution in [0.25, 0.3) is 15.6 Å². The maximum absolute atomic E-state index is 8.97. The van der Waals surface area contributed by atoms with E-state index in [4.69, 9.17) is 32.8 Å². The van der Waals surface area contributed by atoms with Crippen molar-refractivity contribution in [3.05, 3.63) is 64.1 Å². The van der Waals surface area contributed by atoms with Gasteiger partial charge in [-0.2, -0.15) is 0 Å². The summed E-state index contributed by atoms with van der Waals surface area (Å²) in [5.41, 5.74) is 1.16. The molecule has 0 aliphatic heterocycles. The molecule has 0 amide bonds. The van der Waals surface area contributed by atoms with Crippen molar-refractivity contribution in [2.45, 2.75) is 33.4 Å². The first kappa shape index (κ1) is 29.0. The monoisotopic (exact) mass is 502 g/mol. The number of aliphatic hydroxyl groups is 1. The van der Waals surface area contributed by atoms with Crippen LogP contribution in [0.2, 0.25) is 5.02 Å². The number of nitrogens with zero attached hydrogens (tertiary/aromatic N) is 3. The number of fused-ring (bicyclic) bond motifs is 1. The van der Waals surface area contributed by atoms with Crippen LogP contribution in [0.15, 0.2) is 36.4 Å². The van der Waals surface area contributed by atoms with Crippen LogP contribution in [-0.2, 0) is 11.3 Å². The van der Waals surface area contributed by atoms with E-state index in [1.165, 1.54) is 0 Å². The SMILES string of the molecule is C.Cl.[C-]#[N+]c1ccc2c(C#CC(C)(C)OCCO)nnc(NCc3ccc(OC)c(Cl)c3)c2c1. The summed E-state index contributed by atoms with van der Waals surface area (Å²) in [4.78, 5) is 3.52. The molecule has 34 heavy (non-hydrogen) atoms. The number of hydrogen-bond acceptors (Lipinski definition) is 6. The van der Waals surface area contributed by atoms with Gasteiger partial charge in [-0.3, -0.25) is 0 Å². The number of halogens is 2. The Morgan fingerprint density at radius 3 is 2.59 bits per heavy atom. The van der Waals surface area contributed by atoms with Gasteiger partial charge in [-0.25, -0.2) is 4.85 Å². The van der Waals surface area contributed by atoms with Crippen LogP contribution < -0.4 is 10.1 Å². The van der Waals surface area contributed by atoms with E-state index in [9.17, 15) is 0 Å². The molecule has 3 aromatic rings. The predicted octanol–water partition coefficient (Wildman–Crippen LogP) is 5.65. The summed E-state index contributed by atoms with van der Waals surface area (Å²) in [6.07, 6.45) is 0. The highest BCUT2D eigenvalue weighted by Gasteiger charge is 2.15. The van der Waals surface area contributed by atoms with E-state index in [1.807, 2.05) is 32.0 Å². The number of rotatable bonds is 7. The van der Waals surface area contributed by atoms with Gasteiger partial charge in [0.2, 0.25) is 0 Å². The number of nitrogens with one attached hydrogen (secondary N) is 1. The fourth-order valence-electron chi connectivity index (χ4n) is 2.99. The lowest BCUT2D eigenvalue weighted by atomic mass is 10.1. The van der Waals surface area contributed by atoms with E-state index in [2.05, 4.69) is 32.2 Å². The quantitative estimate of drug-likeness (QED) is 0.320. The first-order valence-corrected chi connectivity index (χ1v) is 10.3. The molecule has 0 saturated heterocycles. The summed E-state index contributed by atoms with van der Waals surface area (Å²) < 4.78 is 10.7. The topological polar surface area (TPSA) is 80.9 Å². The maximum Gasteiger partial charge on any atom is 0.188 e. The highest BCUT2D eigenvalue weighted by molar-refractivity contribution is 6.32. The second kappa shape index (κ2) is 13.0. The summed E-state index contributed by atoms with van der Waals surface area (Å²) in [5, 5.41) is 22.9. The molecule has 1 heterocycles. The van der Waals surface area contributed by atoms with Crippen LogP contribution in [0.1, 0.15) is 32.5 Å². The molecule has 7 nitrogen and oxygen atoms in total. The Morgan fingerprint density at radius 2 is 1.94 bits per heavy atom. The molecular formula is C25H28Cl2N4O3. The highest BCUT2D eigenvalue weighted by atomic mass is 35.5. The summed E-state index contributed by atoms with van der Waals surface area (Å²) >= 11 is 6.22. The van der Waals surface area contributed by atoms with Crippen molar-refractivity contribution in [2.24, 2.45) is 0 Å². The van der Waals surface area contributed by atoms with Crippen molar-refractivity contribution in [3.63, 3.8) is 0 Å². The second-order valence-corrected chi connectivity index (χ2v) is 7.80. The molecule has 3 rings (SSSR count). The molecule has 0 radical (unpaired) electrons. The van der Waals surface area contributed by atoms with Crippen molar-refractivity contribution in [1.29, 1.82) is 0 Å². The van der Waals surface area contributed by atoms with Gasteiger partial charge < -0.3 is 19.9 Å². The van der Waals surface area contributed by atoms with Gasteiger partial charge in [0.25, 0.3) is 0 Å². The van der Waals surface area contributed by atoms with Gasteiger partial charge in [-0.15, -0.1) is 22.6 Å². The zero-order valence-corrected chi connectivity index (χ0v) is 20.0. The average Bonchev–Trinajstić information content (AvgIpc) is 2.80. The van der Waals surface area contributed by atoms with E-state index in [0.717, 1.165) is 16.3 Å². The fourth-order valence-corrected chi connectivity index (χ4v) is 3.27. The molecule has 1 aromatic heterocycles. The smallest absolute Gasteiger partial charge is 0.188 e. The van der Waals surface area contributed by atoms with Crippen LogP contribution in [-0.4, -0.2) is 41.2 Å². The normalized spacial score (nSPS) is 10.2. The average molecular weight is 503 g/mol. The fraction of sp³-hybridized carbons (Fsp3) is 0.320. The summed E-state index contributed by atoms with van der Waals surface area (Å²) in [7, 11) is 1.57. The molecule has 0 spiro atoms. The molecule has 0 atom stereocenters. The van der Waals surface area contributed by atoms with Gasteiger partial charge in [0.1, 0.15) is 17.0 Å². The second-order valence-electron chi connectivity index (χ2n) is 7.39. The summed E-state index contributed by atoms with van der Waals surface area (Å²) in [6.45, 7) is 11.6. The van der Waals surface area contributed by atoms with Crippen molar-refractivity contribution in [2.75, 3.05) is 25.6 Å². The van der Waals surface area contributed by atoms with Gasteiger partial charge in [0.05, 0.1) is 31.9 Å². The van der Waals surface area contributed by atoms with E-state index < -0.39 is 5.60 Å². The number of ether oxygens (including phenoxy) is 2. The number of benzene rings is 2. The van der Waals surface area contributed by atoms with E-state index in [1.54, 1.807) is 25.3 Å². The summed E-state index contributed by atoms with van der Waals surface area (Å²) in [6, 6.07) is 10.8. The number of methoxy groups -OCH3 is 1. The Kier molecular flexibility index (Phi) is 11.1. The Labute approximate surface area is 211 Å². The molecule has 0 aliphatic carbocycles. The molecule has 2 N–H and O–H groups in total. The zero-order valence-electron chi connectivity index (χ0n) is 18.5. The molecule has 0 saturated carbocycles. The Hall–Kier alpha value is -3.07. The lowest BCUT2D eigenvalue weighted by Gasteiger charge is -2.17. The zero-order chi connectivity index (χ0) is 23.1. The van der Waals surface area contributed by atoms with Gasteiger partial charge in [0, 0.05) is 17.3 Å². The third kappa shape index (κ3) is 7.21. The van der Waals surface area contributed by atoms with Crippen LogP contribution in [0, 0.1) is 18.4 Å². The molecule has 0 fully saturated rings. The number of hydrogen-bond donors (Lipinski definition) is 2. The van der Waals surface area contributed by atoms with Gasteiger partial charge in [-0.1, -0.05) is 43.1 Å². The van der Waals surface area contributed by atoms with E-state index in [-0.39, 0.29) is 33.0 Å². The van der Waals surface area contributed by atoms with Gasteiger partial charge >= 0.3 is 0 Å². The van der Waals surface area contributed by atoms with Crippen molar-refractivity contribution >= 4 is 46.3 Å². The van der Waals surface area contributed by atoms with Crippen LogP contribution in [0.4, 0.5) is 11.5 Å².